The summed E-state index contributed by atoms with van der Waals surface area (Å²) in [5.74, 6) is 0. The first-order chi connectivity index (χ1) is 4.50. The molecule has 12 heavy (non-hydrogen) atoms. The molecule has 0 N–H and O–H groups in total. The SMILES string of the molecule is C1=CCC=C1.CC.CC.[CH3-].[Y].[Y]. The molecule has 0 nitrogen and oxygen atoms in total. The quantitative estimate of drug-likeness (QED) is 0.592. The van der Waals surface area contributed by atoms with E-state index in [0.29, 0.717) is 0 Å². The fourth-order valence-corrected chi connectivity index (χ4v) is 0.393. The first-order valence-electron chi connectivity index (χ1n) is 3.82. The summed E-state index contributed by atoms with van der Waals surface area (Å²) in [4.78, 5) is 0. The van der Waals surface area contributed by atoms with Crippen molar-refractivity contribution in [3.8, 4) is 0 Å². The van der Waals surface area contributed by atoms with Crippen LogP contribution in [0.2, 0.25) is 0 Å². The Morgan fingerprint density at radius 2 is 1.00 bits per heavy atom. The molecule has 0 saturated heterocycles. The molecule has 68 valence electrons. The maximum atomic E-state index is 2.12. The molecule has 0 unspecified atom stereocenters. The molecule has 1 aliphatic rings. The zero-order valence-corrected chi connectivity index (χ0v) is 14.8. The average molecular weight is 319 g/mol. The van der Waals surface area contributed by atoms with Crippen LogP contribution in [0.5, 0.6) is 0 Å². The molecule has 0 aromatic rings. The summed E-state index contributed by atoms with van der Waals surface area (Å²) in [6.07, 6.45) is 9.50. The molecule has 0 amide bonds. The Morgan fingerprint density at radius 1 is 0.750 bits per heavy atom. The van der Waals surface area contributed by atoms with Crippen molar-refractivity contribution >= 4 is 0 Å². The van der Waals surface area contributed by atoms with Gasteiger partial charge in [0.1, 0.15) is 0 Å². The molecule has 0 fully saturated rings. The second-order valence-electron chi connectivity index (χ2n) is 1.09. The molecular weight excluding hydrogens is 298 g/mol. The van der Waals surface area contributed by atoms with Crippen LogP contribution in [0.25, 0.3) is 0 Å². The maximum absolute atomic E-state index is 2.12. The van der Waals surface area contributed by atoms with E-state index in [2.05, 4.69) is 24.3 Å². The van der Waals surface area contributed by atoms with Crippen molar-refractivity contribution in [3.63, 3.8) is 0 Å². The fourth-order valence-electron chi connectivity index (χ4n) is 0.393. The molecule has 2 heteroatoms. The van der Waals surface area contributed by atoms with E-state index >= 15 is 0 Å². The summed E-state index contributed by atoms with van der Waals surface area (Å²) in [7, 11) is 0. The van der Waals surface area contributed by atoms with Crippen molar-refractivity contribution in [3.05, 3.63) is 31.7 Å². The minimum Gasteiger partial charge on any atom is -0.358 e. The second kappa shape index (κ2) is 38.8. The van der Waals surface area contributed by atoms with Crippen LogP contribution < -0.4 is 0 Å². The van der Waals surface area contributed by atoms with E-state index in [1.807, 2.05) is 27.7 Å². The van der Waals surface area contributed by atoms with Crippen molar-refractivity contribution < 1.29 is 65.4 Å². The van der Waals surface area contributed by atoms with Crippen molar-refractivity contribution in [1.82, 2.24) is 0 Å². The Kier molecular flexibility index (Phi) is 94.3. The van der Waals surface area contributed by atoms with Crippen LogP contribution >= 0.6 is 0 Å². The van der Waals surface area contributed by atoms with Crippen LogP contribution in [0.3, 0.4) is 0 Å². The normalized spacial score (nSPS) is 8.33. The molecule has 1 rings (SSSR count). The maximum Gasteiger partial charge on any atom is 0 e. The first-order valence-corrected chi connectivity index (χ1v) is 3.82. The van der Waals surface area contributed by atoms with Gasteiger partial charge in [0.2, 0.25) is 0 Å². The predicted octanol–water partition coefficient (Wildman–Crippen LogP) is 4.00. The van der Waals surface area contributed by atoms with E-state index in [9.17, 15) is 0 Å². The van der Waals surface area contributed by atoms with Crippen LogP contribution in [0, 0.1) is 7.43 Å². The molecule has 0 aromatic heterocycles. The molecule has 0 spiro atoms. The van der Waals surface area contributed by atoms with Crippen LogP contribution in [-0.2, 0) is 65.4 Å². The second-order valence-corrected chi connectivity index (χ2v) is 1.09. The van der Waals surface area contributed by atoms with Gasteiger partial charge in [-0.15, -0.1) is 0 Å². The molecular formula is C10H21Y2-. The standard InChI is InChI=1S/C5H6.2C2H6.CH3.2Y/c1-2-4-5-3-1;2*1-2;;;/h1-4H,5H2;2*1-2H3;1H3;;/q;;;-1;;. The Hall–Kier alpha value is 1.69. The summed E-state index contributed by atoms with van der Waals surface area (Å²) in [6, 6.07) is 0. The molecule has 1 aliphatic carbocycles. The summed E-state index contributed by atoms with van der Waals surface area (Å²) in [5, 5.41) is 0. The summed E-state index contributed by atoms with van der Waals surface area (Å²) in [5.41, 5.74) is 0. The van der Waals surface area contributed by atoms with Crippen molar-refractivity contribution in [2.24, 2.45) is 0 Å². The van der Waals surface area contributed by atoms with E-state index in [-0.39, 0.29) is 72.8 Å². The molecule has 0 aliphatic heterocycles. The van der Waals surface area contributed by atoms with Gasteiger partial charge in [0.05, 0.1) is 0 Å². The van der Waals surface area contributed by atoms with Gasteiger partial charge in [-0.05, 0) is 6.42 Å². The largest absolute Gasteiger partial charge is 0.358 e. The Bertz CT molecular complexity index is 65.9. The van der Waals surface area contributed by atoms with Crippen molar-refractivity contribution in [1.29, 1.82) is 0 Å². The summed E-state index contributed by atoms with van der Waals surface area (Å²) < 4.78 is 0. The van der Waals surface area contributed by atoms with Crippen LogP contribution in [-0.4, -0.2) is 0 Å². The first kappa shape index (κ1) is 29.2. The summed E-state index contributed by atoms with van der Waals surface area (Å²) >= 11 is 0. The van der Waals surface area contributed by atoms with E-state index < -0.39 is 0 Å². The fraction of sp³-hybridized carbons (Fsp3) is 0.500. The van der Waals surface area contributed by atoms with Gasteiger partial charge in [0.25, 0.3) is 0 Å². The summed E-state index contributed by atoms with van der Waals surface area (Å²) in [6.45, 7) is 8.00. The van der Waals surface area contributed by atoms with Gasteiger partial charge >= 0.3 is 0 Å². The molecule has 0 saturated carbocycles. The predicted molar refractivity (Wildman–Crippen MR) is 52.0 cm³/mol. The Labute approximate surface area is 129 Å². The monoisotopic (exact) mass is 319 g/mol. The average Bonchev–Trinajstić information content (AvgIpc) is 2.51. The number of allylic oxidation sites excluding steroid dienone is 4. The van der Waals surface area contributed by atoms with Gasteiger partial charge in [-0.2, -0.15) is 0 Å². The third-order valence-electron chi connectivity index (χ3n) is 0.655. The molecule has 0 bridgehead atoms. The molecule has 2 radical (unpaired) electrons. The van der Waals surface area contributed by atoms with Crippen LogP contribution in [0.15, 0.2) is 24.3 Å². The third kappa shape index (κ3) is 29.8. The topological polar surface area (TPSA) is 0 Å². The van der Waals surface area contributed by atoms with Crippen molar-refractivity contribution in [2.75, 3.05) is 0 Å². The van der Waals surface area contributed by atoms with Crippen LogP contribution in [0.4, 0.5) is 0 Å². The van der Waals surface area contributed by atoms with Gasteiger partial charge in [0, 0.05) is 65.4 Å². The zero-order chi connectivity index (χ0) is 7.54. The Balaban J connectivity index is -0.0000000213. The van der Waals surface area contributed by atoms with Crippen LogP contribution in [0.1, 0.15) is 34.1 Å². The number of rotatable bonds is 0. The van der Waals surface area contributed by atoms with E-state index in [4.69, 9.17) is 0 Å². The number of hydrogen-bond donors (Lipinski definition) is 0. The molecule has 0 atom stereocenters. The van der Waals surface area contributed by atoms with Gasteiger partial charge in [-0.3, -0.25) is 0 Å². The smallest absolute Gasteiger partial charge is 0 e. The van der Waals surface area contributed by atoms with Gasteiger partial charge in [-0.1, -0.05) is 52.0 Å². The zero-order valence-electron chi connectivity index (χ0n) is 9.17. The van der Waals surface area contributed by atoms with E-state index in [0.717, 1.165) is 6.42 Å². The van der Waals surface area contributed by atoms with E-state index in [1.54, 1.807) is 0 Å². The third-order valence-corrected chi connectivity index (χ3v) is 0.655. The Morgan fingerprint density at radius 3 is 1.08 bits per heavy atom. The van der Waals surface area contributed by atoms with Gasteiger partial charge < -0.3 is 7.43 Å². The number of hydrogen-bond acceptors (Lipinski definition) is 0. The molecule has 0 heterocycles. The van der Waals surface area contributed by atoms with Crippen molar-refractivity contribution in [2.45, 2.75) is 34.1 Å². The minimum absolute atomic E-state index is 0. The van der Waals surface area contributed by atoms with Gasteiger partial charge in [0.15, 0.2) is 0 Å². The molecule has 0 aromatic carbocycles. The van der Waals surface area contributed by atoms with E-state index in [1.165, 1.54) is 0 Å². The van der Waals surface area contributed by atoms with Gasteiger partial charge in [-0.25, -0.2) is 0 Å². The minimum atomic E-state index is 0.